The zero-order valence-electron chi connectivity index (χ0n) is 11.7. The summed E-state index contributed by atoms with van der Waals surface area (Å²) in [5, 5.41) is 12.1. The van der Waals surface area contributed by atoms with Crippen molar-refractivity contribution in [2.75, 3.05) is 0 Å². The number of aromatic nitrogens is 3. The van der Waals surface area contributed by atoms with Gasteiger partial charge in [0.2, 0.25) is 0 Å². The van der Waals surface area contributed by atoms with Crippen molar-refractivity contribution in [1.29, 1.82) is 0 Å². The first-order chi connectivity index (χ1) is 9.24. The van der Waals surface area contributed by atoms with Gasteiger partial charge in [-0.3, -0.25) is 4.40 Å². The second kappa shape index (κ2) is 5.29. The topological polar surface area (TPSA) is 42.2 Å². The van der Waals surface area contributed by atoms with Crippen LogP contribution in [0.5, 0.6) is 0 Å². The Morgan fingerprint density at radius 1 is 1.26 bits per heavy atom. The van der Waals surface area contributed by atoms with Gasteiger partial charge >= 0.3 is 0 Å². The zero-order valence-corrected chi connectivity index (χ0v) is 11.7. The molecule has 0 saturated heterocycles. The van der Waals surface area contributed by atoms with Crippen molar-refractivity contribution in [3.8, 4) is 0 Å². The lowest BCUT2D eigenvalue weighted by molar-refractivity contribution is 0.226. The molecule has 0 aromatic carbocycles. The normalized spacial score (nSPS) is 27.8. The van der Waals surface area contributed by atoms with Crippen LogP contribution >= 0.6 is 0 Å². The Hall–Kier alpha value is -1.42. The van der Waals surface area contributed by atoms with Crippen molar-refractivity contribution >= 4 is 5.65 Å². The quantitative estimate of drug-likeness (QED) is 0.920. The van der Waals surface area contributed by atoms with E-state index in [0.717, 1.165) is 29.9 Å². The lowest BCUT2D eigenvalue weighted by Gasteiger charge is -2.33. The van der Waals surface area contributed by atoms with E-state index in [-0.39, 0.29) is 0 Å². The van der Waals surface area contributed by atoms with Crippen LogP contribution in [0, 0.1) is 11.8 Å². The third kappa shape index (κ3) is 2.63. The number of rotatable bonds is 3. The van der Waals surface area contributed by atoms with Crippen LogP contribution in [0.4, 0.5) is 0 Å². The van der Waals surface area contributed by atoms with E-state index < -0.39 is 0 Å². The van der Waals surface area contributed by atoms with Gasteiger partial charge in [-0.15, -0.1) is 10.2 Å². The monoisotopic (exact) mass is 258 g/mol. The van der Waals surface area contributed by atoms with Crippen molar-refractivity contribution in [2.45, 2.75) is 45.7 Å². The smallest absolute Gasteiger partial charge is 0.160 e. The summed E-state index contributed by atoms with van der Waals surface area (Å²) in [4.78, 5) is 0. The van der Waals surface area contributed by atoms with E-state index in [1.54, 1.807) is 0 Å². The van der Waals surface area contributed by atoms with Gasteiger partial charge in [-0.1, -0.05) is 19.9 Å². The van der Waals surface area contributed by atoms with Gasteiger partial charge < -0.3 is 5.32 Å². The van der Waals surface area contributed by atoms with Crippen molar-refractivity contribution in [1.82, 2.24) is 19.9 Å². The van der Waals surface area contributed by atoms with Gasteiger partial charge in [0, 0.05) is 12.2 Å². The Morgan fingerprint density at radius 2 is 2.16 bits per heavy atom. The molecular weight excluding hydrogens is 236 g/mol. The highest BCUT2D eigenvalue weighted by atomic mass is 15.3. The van der Waals surface area contributed by atoms with Crippen LogP contribution in [0.2, 0.25) is 0 Å². The Morgan fingerprint density at radius 3 is 3.00 bits per heavy atom. The summed E-state index contributed by atoms with van der Waals surface area (Å²) in [6, 6.07) is 6.62. The van der Waals surface area contributed by atoms with Gasteiger partial charge in [0.1, 0.15) is 0 Å². The van der Waals surface area contributed by atoms with E-state index in [4.69, 9.17) is 0 Å². The lowest BCUT2D eigenvalue weighted by Crippen LogP contribution is -2.38. The van der Waals surface area contributed by atoms with Crippen LogP contribution in [0.15, 0.2) is 24.4 Å². The third-order valence-corrected chi connectivity index (χ3v) is 4.34. The zero-order chi connectivity index (χ0) is 13.2. The molecule has 2 aromatic heterocycles. The molecule has 3 atom stereocenters. The molecule has 4 heteroatoms. The van der Waals surface area contributed by atoms with Gasteiger partial charge in [-0.05, 0) is 43.2 Å². The first-order valence-corrected chi connectivity index (χ1v) is 7.26. The van der Waals surface area contributed by atoms with Crippen molar-refractivity contribution < 1.29 is 0 Å². The average Bonchev–Trinajstić information content (AvgIpc) is 2.81. The highest BCUT2D eigenvalue weighted by Gasteiger charge is 2.25. The van der Waals surface area contributed by atoms with E-state index in [1.807, 2.05) is 24.4 Å². The van der Waals surface area contributed by atoms with Gasteiger partial charge in [-0.2, -0.15) is 0 Å². The van der Waals surface area contributed by atoms with E-state index in [0.29, 0.717) is 6.04 Å². The van der Waals surface area contributed by atoms with Crippen molar-refractivity contribution in [3.05, 3.63) is 30.2 Å². The fraction of sp³-hybridized carbons (Fsp3) is 0.600. The largest absolute Gasteiger partial charge is 0.307 e. The van der Waals surface area contributed by atoms with Gasteiger partial charge in [0.15, 0.2) is 11.5 Å². The summed E-state index contributed by atoms with van der Waals surface area (Å²) in [6.07, 6.45) is 5.97. The van der Waals surface area contributed by atoms with E-state index in [1.165, 1.54) is 19.3 Å². The Balaban J connectivity index is 1.66. The van der Waals surface area contributed by atoms with Gasteiger partial charge in [0.25, 0.3) is 0 Å². The van der Waals surface area contributed by atoms with Crippen LogP contribution in [0.3, 0.4) is 0 Å². The maximum Gasteiger partial charge on any atom is 0.160 e. The second-order valence-electron chi connectivity index (χ2n) is 5.93. The maximum atomic E-state index is 4.27. The highest BCUT2D eigenvalue weighted by molar-refractivity contribution is 5.36. The molecule has 19 heavy (non-hydrogen) atoms. The molecule has 1 aliphatic carbocycles. The molecule has 3 unspecified atom stereocenters. The second-order valence-corrected chi connectivity index (χ2v) is 5.93. The predicted molar refractivity (Wildman–Crippen MR) is 75.8 cm³/mol. The molecule has 102 valence electrons. The molecule has 1 aliphatic rings. The fourth-order valence-corrected chi connectivity index (χ4v) is 3.20. The summed E-state index contributed by atoms with van der Waals surface area (Å²) >= 11 is 0. The molecule has 1 N–H and O–H groups in total. The molecule has 0 bridgehead atoms. The molecule has 0 aliphatic heterocycles. The fourth-order valence-electron chi connectivity index (χ4n) is 3.20. The number of fused-ring (bicyclic) bond motifs is 1. The van der Waals surface area contributed by atoms with Crippen molar-refractivity contribution in [2.24, 2.45) is 11.8 Å². The number of hydrogen-bond acceptors (Lipinski definition) is 3. The summed E-state index contributed by atoms with van der Waals surface area (Å²) in [6.45, 7) is 5.52. The minimum absolute atomic E-state index is 0.618. The van der Waals surface area contributed by atoms with Crippen molar-refractivity contribution in [3.63, 3.8) is 0 Å². The van der Waals surface area contributed by atoms with Crippen LogP contribution in [-0.4, -0.2) is 20.6 Å². The van der Waals surface area contributed by atoms with E-state index in [2.05, 4.69) is 33.8 Å². The van der Waals surface area contributed by atoms with Gasteiger partial charge in [-0.25, -0.2) is 0 Å². The lowest BCUT2D eigenvalue weighted by atomic mass is 9.80. The summed E-state index contributed by atoms with van der Waals surface area (Å²) < 4.78 is 2.06. The summed E-state index contributed by atoms with van der Waals surface area (Å²) in [5.74, 6) is 2.63. The Kier molecular flexibility index (Phi) is 3.51. The minimum atomic E-state index is 0.618. The summed E-state index contributed by atoms with van der Waals surface area (Å²) in [5.41, 5.74) is 0.921. The number of pyridine rings is 1. The number of nitrogens with zero attached hydrogens (tertiary/aromatic N) is 3. The van der Waals surface area contributed by atoms with Crippen LogP contribution in [-0.2, 0) is 6.54 Å². The average molecular weight is 258 g/mol. The van der Waals surface area contributed by atoms with E-state index >= 15 is 0 Å². The molecule has 2 aromatic rings. The van der Waals surface area contributed by atoms with Crippen LogP contribution < -0.4 is 5.32 Å². The Labute approximate surface area is 114 Å². The highest BCUT2D eigenvalue weighted by Crippen LogP contribution is 2.28. The Bertz CT molecular complexity index is 548. The first kappa shape index (κ1) is 12.6. The molecule has 1 fully saturated rings. The summed E-state index contributed by atoms with van der Waals surface area (Å²) in [7, 11) is 0. The molecule has 2 heterocycles. The van der Waals surface area contributed by atoms with E-state index in [9.17, 15) is 0 Å². The number of hydrogen-bond donors (Lipinski definition) is 1. The SMILES string of the molecule is CC1CCC(NCc2nnc3ccccn23)C(C)C1. The molecule has 1 saturated carbocycles. The number of nitrogens with one attached hydrogen (secondary N) is 1. The molecule has 0 radical (unpaired) electrons. The standard InChI is InChI=1S/C15H22N4/c1-11-6-7-13(12(2)9-11)16-10-15-18-17-14-5-3-4-8-19(14)15/h3-5,8,11-13,16H,6-7,9-10H2,1-2H3. The maximum absolute atomic E-state index is 4.27. The molecule has 0 spiro atoms. The predicted octanol–water partition coefficient (Wildman–Crippen LogP) is 2.64. The molecule has 3 rings (SSSR count). The van der Waals surface area contributed by atoms with Crippen LogP contribution in [0.1, 0.15) is 38.9 Å². The molecule has 0 amide bonds. The molecular formula is C15H22N4. The molecule has 4 nitrogen and oxygen atoms in total. The van der Waals surface area contributed by atoms with Gasteiger partial charge in [0.05, 0.1) is 6.54 Å². The third-order valence-electron chi connectivity index (χ3n) is 4.34. The minimum Gasteiger partial charge on any atom is -0.307 e. The van der Waals surface area contributed by atoms with Crippen LogP contribution in [0.25, 0.3) is 5.65 Å². The first-order valence-electron chi connectivity index (χ1n) is 7.26.